The molecule has 0 aliphatic rings. The minimum absolute atomic E-state index is 0.0474. The van der Waals surface area contributed by atoms with E-state index in [0.717, 1.165) is 0 Å². The lowest BCUT2D eigenvalue weighted by Crippen LogP contribution is -1.94. The van der Waals surface area contributed by atoms with Crippen molar-refractivity contribution in [3.05, 3.63) is 47.2 Å². The van der Waals surface area contributed by atoms with Crippen molar-refractivity contribution in [1.29, 1.82) is 5.26 Å². The third-order valence-electron chi connectivity index (χ3n) is 3.32. The zero-order valence-corrected chi connectivity index (χ0v) is 12.8. The number of carbonyl (C=O) groups is 3. The third kappa shape index (κ3) is 3.04. The number of aldehydes is 1. The van der Waals surface area contributed by atoms with Gasteiger partial charge in [0.2, 0.25) is 5.76 Å². The van der Waals surface area contributed by atoms with Gasteiger partial charge in [-0.3, -0.25) is 4.79 Å². The van der Waals surface area contributed by atoms with Gasteiger partial charge in [0.25, 0.3) is 0 Å². The Morgan fingerprint density at radius 1 is 0.962 bits per heavy atom. The van der Waals surface area contributed by atoms with E-state index in [1.54, 1.807) is 0 Å². The van der Waals surface area contributed by atoms with Gasteiger partial charge in [0.05, 0.1) is 11.0 Å². The minimum Gasteiger partial charge on any atom is -0.477 e. The second-order valence-corrected chi connectivity index (χ2v) is 5.02. The predicted molar refractivity (Wildman–Crippen MR) is 85.2 cm³/mol. The molecule has 10 nitrogen and oxygen atoms in total. The van der Waals surface area contributed by atoms with E-state index >= 15 is 0 Å². The molecule has 130 valence electrons. The highest BCUT2D eigenvalue weighted by Crippen LogP contribution is 2.20. The molecule has 0 aromatic carbocycles. The number of furan rings is 2. The van der Waals surface area contributed by atoms with Crippen LogP contribution in [-0.2, 0) is 0 Å². The van der Waals surface area contributed by atoms with Crippen molar-refractivity contribution < 1.29 is 33.4 Å². The molecule has 0 atom stereocenters. The van der Waals surface area contributed by atoms with Crippen LogP contribution in [0.3, 0.4) is 0 Å². The van der Waals surface area contributed by atoms with E-state index in [2.05, 4.69) is 9.97 Å². The number of nitrogens with one attached hydrogen (secondary N) is 2. The molecule has 26 heavy (non-hydrogen) atoms. The van der Waals surface area contributed by atoms with Crippen LogP contribution >= 0.6 is 0 Å². The van der Waals surface area contributed by atoms with Gasteiger partial charge >= 0.3 is 11.9 Å². The van der Waals surface area contributed by atoms with Crippen molar-refractivity contribution in [3.8, 4) is 6.07 Å². The Bertz CT molecular complexity index is 1120. The van der Waals surface area contributed by atoms with Crippen LogP contribution in [0.4, 0.5) is 0 Å². The maximum Gasteiger partial charge on any atom is 0.352 e. The van der Waals surface area contributed by atoms with E-state index in [0.29, 0.717) is 28.5 Å². The Balaban J connectivity index is 0.000000151. The summed E-state index contributed by atoms with van der Waals surface area (Å²) in [6, 6.07) is 7.41. The van der Waals surface area contributed by atoms with E-state index in [1.807, 2.05) is 6.07 Å². The van der Waals surface area contributed by atoms with Gasteiger partial charge in [-0.05, 0) is 0 Å². The van der Waals surface area contributed by atoms with E-state index in [9.17, 15) is 14.4 Å². The number of hydrogen-bond acceptors (Lipinski definition) is 6. The molecule has 0 amide bonds. The summed E-state index contributed by atoms with van der Waals surface area (Å²) in [6.45, 7) is 0. The number of carbonyl (C=O) groups excluding carboxylic acids is 1. The van der Waals surface area contributed by atoms with Gasteiger partial charge in [0.1, 0.15) is 17.5 Å². The average molecular weight is 355 g/mol. The summed E-state index contributed by atoms with van der Waals surface area (Å²) >= 11 is 0. The number of hydrogen-bond donors (Lipinski definition) is 4. The quantitative estimate of drug-likeness (QED) is 0.406. The molecule has 0 aliphatic carbocycles. The highest BCUT2D eigenvalue weighted by atomic mass is 16.4. The number of aromatic nitrogens is 2. The molecule has 0 radical (unpaired) electrons. The molecule has 0 saturated heterocycles. The lowest BCUT2D eigenvalue weighted by Gasteiger charge is -1.83. The fourth-order valence-electron chi connectivity index (χ4n) is 2.21. The van der Waals surface area contributed by atoms with Gasteiger partial charge in [0, 0.05) is 24.3 Å². The second-order valence-electron chi connectivity index (χ2n) is 5.02. The first kappa shape index (κ1) is 16.6. The minimum atomic E-state index is -1.06. The molecule has 0 aliphatic heterocycles. The van der Waals surface area contributed by atoms with Crippen LogP contribution in [0.1, 0.15) is 37.3 Å². The van der Waals surface area contributed by atoms with Crippen LogP contribution < -0.4 is 0 Å². The molecule has 4 aromatic heterocycles. The van der Waals surface area contributed by atoms with Crippen molar-refractivity contribution in [2.75, 3.05) is 0 Å². The van der Waals surface area contributed by atoms with E-state index in [1.165, 1.54) is 24.3 Å². The van der Waals surface area contributed by atoms with Gasteiger partial charge < -0.3 is 29.0 Å². The Morgan fingerprint density at radius 3 is 1.92 bits per heavy atom. The van der Waals surface area contributed by atoms with Crippen LogP contribution in [0.15, 0.2) is 33.1 Å². The van der Waals surface area contributed by atoms with Gasteiger partial charge in [-0.15, -0.1) is 0 Å². The van der Waals surface area contributed by atoms with Gasteiger partial charge in [-0.2, -0.15) is 5.26 Å². The molecule has 4 heterocycles. The van der Waals surface area contributed by atoms with Crippen LogP contribution in [0.5, 0.6) is 0 Å². The molecule has 4 rings (SSSR count). The molecular weight excluding hydrogens is 346 g/mol. The molecule has 0 bridgehead atoms. The molecule has 0 unspecified atom stereocenters. The number of H-pyrrole nitrogens is 2. The Morgan fingerprint density at radius 2 is 1.50 bits per heavy atom. The van der Waals surface area contributed by atoms with Crippen molar-refractivity contribution in [2.45, 2.75) is 0 Å². The lowest BCUT2D eigenvalue weighted by molar-refractivity contribution is 0.0681. The summed E-state index contributed by atoms with van der Waals surface area (Å²) in [5.41, 5.74) is 1.89. The van der Waals surface area contributed by atoms with Crippen LogP contribution in [-0.4, -0.2) is 38.4 Å². The summed E-state index contributed by atoms with van der Waals surface area (Å²) in [5.74, 6) is -1.76. The zero-order valence-electron chi connectivity index (χ0n) is 12.8. The van der Waals surface area contributed by atoms with Crippen molar-refractivity contribution in [1.82, 2.24) is 9.97 Å². The molecule has 4 N–H and O–H groups in total. The molecule has 0 spiro atoms. The predicted octanol–water partition coefficient (Wildman–Crippen LogP) is 2.60. The average Bonchev–Trinajstić information content (AvgIpc) is 3.32. The number of nitriles is 1. The fraction of sp³-hybridized carbons (Fsp3) is 0. The lowest BCUT2D eigenvalue weighted by atomic mass is 10.4. The van der Waals surface area contributed by atoms with Gasteiger partial charge in [-0.25, -0.2) is 9.59 Å². The standard InChI is InChI=1S/C8H4N2O3.C8H5NO4/c9-3-4-1-5-7(13-4)2-6(10-5)8(11)12;10-3-4-1-5-7(13-4)2-6(9-5)8(11)12/h1-2,10H,(H,11,12);1-3,9H,(H,11,12). The Kier molecular flexibility index (Phi) is 4.04. The number of carboxylic acids is 2. The monoisotopic (exact) mass is 355 g/mol. The summed E-state index contributed by atoms with van der Waals surface area (Å²) in [5, 5.41) is 25.6. The number of nitrogens with zero attached hydrogens (tertiary/aromatic N) is 1. The summed E-state index contributed by atoms with van der Waals surface area (Å²) < 4.78 is 9.98. The van der Waals surface area contributed by atoms with E-state index < -0.39 is 11.9 Å². The number of rotatable bonds is 3. The van der Waals surface area contributed by atoms with Crippen molar-refractivity contribution in [3.63, 3.8) is 0 Å². The van der Waals surface area contributed by atoms with Crippen molar-refractivity contribution >= 4 is 40.4 Å². The van der Waals surface area contributed by atoms with Crippen molar-refractivity contribution in [2.24, 2.45) is 0 Å². The Labute approximate surface area is 143 Å². The number of fused-ring (bicyclic) bond motifs is 2. The summed E-state index contributed by atoms with van der Waals surface area (Å²) in [4.78, 5) is 36.4. The Hall–Kier alpha value is -4.26. The normalized spacial score (nSPS) is 10.3. The topological polar surface area (TPSA) is 173 Å². The molecule has 10 heteroatoms. The second kappa shape index (κ2) is 6.33. The van der Waals surface area contributed by atoms with Crippen LogP contribution in [0.2, 0.25) is 0 Å². The largest absolute Gasteiger partial charge is 0.477 e. The number of aromatic amines is 2. The first-order chi connectivity index (χ1) is 12.4. The van der Waals surface area contributed by atoms with Crippen LogP contribution in [0.25, 0.3) is 22.2 Å². The highest BCUT2D eigenvalue weighted by Gasteiger charge is 2.12. The number of carboxylic acid groups (broad SMARTS) is 2. The van der Waals surface area contributed by atoms with Gasteiger partial charge in [0.15, 0.2) is 23.2 Å². The smallest absolute Gasteiger partial charge is 0.352 e. The van der Waals surface area contributed by atoms with Crippen LogP contribution in [0, 0.1) is 11.3 Å². The third-order valence-corrected chi connectivity index (χ3v) is 3.32. The maximum atomic E-state index is 10.5. The maximum absolute atomic E-state index is 10.5. The fourth-order valence-corrected chi connectivity index (χ4v) is 2.21. The molecular formula is C16H9N3O7. The van der Waals surface area contributed by atoms with E-state index in [4.69, 9.17) is 24.3 Å². The summed E-state index contributed by atoms with van der Waals surface area (Å²) in [7, 11) is 0. The highest BCUT2D eigenvalue weighted by molar-refractivity contribution is 5.93. The summed E-state index contributed by atoms with van der Waals surface area (Å²) in [6.07, 6.45) is 0.564. The first-order valence-electron chi connectivity index (χ1n) is 6.98. The van der Waals surface area contributed by atoms with E-state index in [-0.39, 0.29) is 22.9 Å². The molecule has 0 fully saturated rings. The SMILES string of the molecule is N#Cc1cc2[nH]c(C(=O)O)cc2o1.O=Cc1cc2[nH]c(C(=O)O)cc2o1. The number of aromatic carboxylic acids is 2. The first-order valence-corrected chi connectivity index (χ1v) is 6.98. The molecule has 4 aromatic rings. The zero-order chi connectivity index (χ0) is 18.8. The van der Waals surface area contributed by atoms with Gasteiger partial charge in [-0.1, -0.05) is 0 Å². The molecule has 0 saturated carbocycles.